The highest BCUT2D eigenvalue weighted by Crippen LogP contribution is 2.10. The second kappa shape index (κ2) is 9.95. The van der Waals surface area contributed by atoms with Crippen molar-refractivity contribution in [1.82, 2.24) is 19.8 Å². The number of rotatable bonds is 8. The standard InChI is InChI=1S/C20H28N4O3S/c1-15-5-7-24(9-8-23-10-12-27-13-11-23)20(26)18(15)19(25)21-6-3-4-17-22-16(2)14-28-17/h5,7,14H,3-4,6,8-13H2,1-2H3,(H,21,25). The van der Waals surface area contributed by atoms with Crippen molar-refractivity contribution in [1.29, 1.82) is 0 Å². The topological polar surface area (TPSA) is 76.5 Å². The first-order chi connectivity index (χ1) is 13.5. The first-order valence-electron chi connectivity index (χ1n) is 9.74. The number of aryl methyl sites for hydroxylation is 3. The number of carbonyl (C=O) groups excluding carboxylic acids is 1. The predicted octanol–water partition coefficient (Wildman–Crippen LogP) is 1.62. The van der Waals surface area contributed by atoms with Crippen molar-refractivity contribution in [2.75, 3.05) is 39.4 Å². The minimum absolute atomic E-state index is 0.221. The number of aromatic nitrogens is 2. The molecule has 152 valence electrons. The third-order valence-corrected chi connectivity index (χ3v) is 5.91. The van der Waals surface area contributed by atoms with Gasteiger partial charge in [-0.15, -0.1) is 11.3 Å². The summed E-state index contributed by atoms with van der Waals surface area (Å²) >= 11 is 1.64. The van der Waals surface area contributed by atoms with Gasteiger partial charge in [0.15, 0.2) is 0 Å². The number of hydrogen-bond donors (Lipinski definition) is 1. The predicted molar refractivity (Wildman–Crippen MR) is 110 cm³/mol. The van der Waals surface area contributed by atoms with Gasteiger partial charge in [0.05, 0.1) is 18.2 Å². The van der Waals surface area contributed by atoms with Gasteiger partial charge < -0.3 is 14.6 Å². The van der Waals surface area contributed by atoms with Gasteiger partial charge in [-0.2, -0.15) is 0 Å². The van der Waals surface area contributed by atoms with Crippen LogP contribution in [0.5, 0.6) is 0 Å². The van der Waals surface area contributed by atoms with Crippen LogP contribution in [-0.2, 0) is 17.7 Å². The Labute approximate surface area is 169 Å². The summed E-state index contributed by atoms with van der Waals surface area (Å²) in [6.07, 6.45) is 3.41. The molecule has 0 aliphatic carbocycles. The quantitative estimate of drug-likeness (QED) is 0.677. The molecule has 0 aromatic carbocycles. The summed E-state index contributed by atoms with van der Waals surface area (Å²) in [5.41, 5.74) is 1.76. The molecule has 1 fully saturated rings. The molecule has 0 unspecified atom stereocenters. The molecule has 28 heavy (non-hydrogen) atoms. The summed E-state index contributed by atoms with van der Waals surface area (Å²) in [7, 11) is 0. The molecule has 0 spiro atoms. The van der Waals surface area contributed by atoms with E-state index in [1.165, 1.54) is 0 Å². The average Bonchev–Trinajstić information content (AvgIpc) is 3.11. The Morgan fingerprint density at radius 1 is 1.29 bits per heavy atom. The summed E-state index contributed by atoms with van der Waals surface area (Å²) in [5, 5.41) is 5.99. The normalized spacial score (nSPS) is 14.9. The van der Waals surface area contributed by atoms with Gasteiger partial charge in [-0.05, 0) is 31.9 Å². The lowest BCUT2D eigenvalue weighted by Crippen LogP contribution is -2.40. The van der Waals surface area contributed by atoms with E-state index in [1.54, 1.807) is 29.0 Å². The number of morpholine rings is 1. The summed E-state index contributed by atoms with van der Waals surface area (Å²) < 4.78 is 6.99. The zero-order chi connectivity index (χ0) is 19.9. The summed E-state index contributed by atoms with van der Waals surface area (Å²) in [6.45, 7) is 8.89. The van der Waals surface area contributed by atoms with Gasteiger partial charge >= 0.3 is 0 Å². The monoisotopic (exact) mass is 404 g/mol. The van der Waals surface area contributed by atoms with E-state index in [-0.39, 0.29) is 17.0 Å². The van der Waals surface area contributed by atoms with Crippen molar-refractivity contribution in [2.24, 2.45) is 0 Å². The van der Waals surface area contributed by atoms with Gasteiger partial charge in [-0.3, -0.25) is 14.5 Å². The van der Waals surface area contributed by atoms with Crippen molar-refractivity contribution >= 4 is 17.2 Å². The molecule has 2 aromatic rings. The number of hydrogen-bond acceptors (Lipinski definition) is 6. The fourth-order valence-corrected chi connectivity index (χ4v) is 4.06. The Balaban J connectivity index is 1.55. The highest BCUT2D eigenvalue weighted by atomic mass is 32.1. The van der Waals surface area contributed by atoms with Gasteiger partial charge in [0.25, 0.3) is 11.5 Å². The summed E-state index contributed by atoms with van der Waals surface area (Å²) in [4.78, 5) is 32.1. The molecule has 0 atom stereocenters. The maximum atomic E-state index is 12.8. The number of nitrogens with zero attached hydrogens (tertiary/aromatic N) is 3. The van der Waals surface area contributed by atoms with Gasteiger partial charge in [0, 0.05) is 56.4 Å². The highest BCUT2D eigenvalue weighted by Gasteiger charge is 2.16. The summed E-state index contributed by atoms with van der Waals surface area (Å²) in [6, 6.07) is 1.84. The fourth-order valence-electron chi connectivity index (χ4n) is 3.24. The summed E-state index contributed by atoms with van der Waals surface area (Å²) in [5.74, 6) is -0.293. The molecule has 1 amide bonds. The average molecular weight is 405 g/mol. The van der Waals surface area contributed by atoms with Crippen LogP contribution >= 0.6 is 11.3 Å². The second-order valence-corrected chi connectivity index (χ2v) is 8.01. The van der Waals surface area contributed by atoms with Gasteiger partial charge in [0.1, 0.15) is 5.56 Å². The van der Waals surface area contributed by atoms with Gasteiger partial charge in [0.2, 0.25) is 0 Å². The largest absolute Gasteiger partial charge is 0.379 e. The Kier molecular flexibility index (Phi) is 7.36. The van der Waals surface area contributed by atoms with Gasteiger partial charge in [-0.1, -0.05) is 0 Å². The molecule has 0 saturated carbocycles. The minimum Gasteiger partial charge on any atom is -0.379 e. The fraction of sp³-hybridized carbons (Fsp3) is 0.550. The van der Waals surface area contributed by atoms with Crippen molar-refractivity contribution in [3.8, 4) is 0 Å². The van der Waals surface area contributed by atoms with E-state index in [2.05, 4.69) is 15.2 Å². The minimum atomic E-state index is -0.293. The number of nitrogens with one attached hydrogen (secondary N) is 1. The lowest BCUT2D eigenvalue weighted by atomic mass is 10.1. The van der Waals surface area contributed by atoms with E-state index in [9.17, 15) is 9.59 Å². The molecule has 1 saturated heterocycles. The molecule has 2 aromatic heterocycles. The van der Waals surface area contributed by atoms with Crippen LogP contribution in [0.3, 0.4) is 0 Å². The van der Waals surface area contributed by atoms with Crippen LogP contribution in [0.2, 0.25) is 0 Å². The smallest absolute Gasteiger partial charge is 0.263 e. The Morgan fingerprint density at radius 2 is 2.07 bits per heavy atom. The molecule has 0 bridgehead atoms. The zero-order valence-electron chi connectivity index (χ0n) is 16.6. The lowest BCUT2D eigenvalue weighted by Gasteiger charge is -2.26. The van der Waals surface area contributed by atoms with Crippen LogP contribution < -0.4 is 10.9 Å². The third-order valence-electron chi connectivity index (χ3n) is 4.88. The van der Waals surface area contributed by atoms with E-state index in [1.807, 2.05) is 18.4 Å². The number of pyridine rings is 1. The zero-order valence-corrected chi connectivity index (χ0v) is 17.4. The molecular formula is C20H28N4O3S. The van der Waals surface area contributed by atoms with E-state index in [4.69, 9.17) is 4.74 Å². The van der Waals surface area contributed by atoms with Crippen molar-refractivity contribution in [3.63, 3.8) is 0 Å². The molecule has 8 heteroatoms. The van der Waals surface area contributed by atoms with E-state index in [0.717, 1.165) is 56.4 Å². The maximum Gasteiger partial charge on any atom is 0.263 e. The van der Waals surface area contributed by atoms with Crippen molar-refractivity contribution in [3.05, 3.63) is 49.8 Å². The Bertz CT molecular complexity index is 855. The molecule has 7 nitrogen and oxygen atoms in total. The highest BCUT2D eigenvalue weighted by molar-refractivity contribution is 7.09. The number of thiazole rings is 1. The van der Waals surface area contributed by atoms with Gasteiger partial charge in [-0.25, -0.2) is 4.98 Å². The number of carbonyl (C=O) groups is 1. The van der Waals surface area contributed by atoms with Crippen LogP contribution in [0, 0.1) is 13.8 Å². The van der Waals surface area contributed by atoms with Crippen LogP contribution in [0.1, 0.15) is 33.0 Å². The first kappa shape index (κ1) is 20.7. The molecule has 1 aliphatic rings. The molecule has 1 aliphatic heterocycles. The van der Waals surface area contributed by atoms with Crippen LogP contribution in [-0.4, -0.2) is 59.8 Å². The third kappa shape index (κ3) is 5.50. The lowest BCUT2D eigenvalue weighted by molar-refractivity contribution is 0.0362. The molecular weight excluding hydrogens is 376 g/mol. The molecule has 3 heterocycles. The Morgan fingerprint density at radius 3 is 2.79 bits per heavy atom. The van der Waals surface area contributed by atoms with Crippen LogP contribution in [0.4, 0.5) is 0 Å². The van der Waals surface area contributed by atoms with E-state index in [0.29, 0.717) is 18.7 Å². The first-order valence-corrected chi connectivity index (χ1v) is 10.6. The molecule has 3 rings (SSSR count). The SMILES string of the molecule is Cc1csc(CCCNC(=O)c2c(C)ccn(CCN3CCOCC3)c2=O)n1. The van der Waals surface area contributed by atoms with Crippen LogP contribution in [0.15, 0.2) is 22.4 Å². The van der Waals surface area contributed by atoms with Crippen molar-refractivity contribution in [2.45, 2.75) is 33.2 Å². The maximum absolute atomic E-state index is 12.8. The molecule has 0 radical (unpaired) electrons. The Hall–Kier alpha value is -2.03. The van der Waals surface area contributed by atoms with Crippen LogP contribution in [0.25, 0.3) is 0 Å². The van der Waals surface area contributed by atoms with E-state index >= 15 is 0 Å². The van der Waals surface area contributed by atoms with E-state index < -0.39 is 0 Å². The van der Waals surface area contributed by atoms with Crippen molar-refractivity contribution < 1.29 is 9.53 Å². The second-order valence-electron chi connectivity index (χ2n) is 7.07. The number of ether oxygens (including phenoxy) is 1. The number of amides is 1. The molecule has 1 N–H and O–H groups in total.